The number of hydrogen-bond donors (Lipinski definition) is 4. The molecule has 0 aromatic rings. The standard InChI is InChI=1S/CH2OS2.H2O3Si/c2-1(3)4;1-4(2)3/h(H2,2,3,4);1-2H. The topological polar surface area (TPSA) is 77.8 Å². The molecule has 0 bridgehead atoms. The fourth-order valence-electron chi connectivity index (χ4n) is 0. The predicted molar refractivity (Wildman–Crippen MR) is 35.1 cm³/mol. The molecule has 0 spiro atoms. The Bertz CT molecular complexity index is 72.0. The van der Waals surface area contributed by atoms with Gasteiger partial charge in [0, 0.05) is 0 Å². The zero-order chi connectivity index (χ0) is 7.15. The molecule has 0 aliphatic carbocycles. The maximum atomic E-state index is 8.74. The normalized spacial score (nSPS) is 6.12. The second kappa shape index (κ2) is 6.86. The van der Waals surface area contributed by atoms with Gasteiger partial charge in [0.1, 0.15) is 0 Å². The van der Waals surface area contributed by atoms with Crippen LogP contribution in [-0.2, 0) is 4.46 Å². The van der Waals surface area contributed by atoms with Gasteiger partial charge < -0.3 is 14.7 Å². The molecule has 0 aliphatic rings. The van der Waals surface area contributed by atoms with Crippen LogP contribution < -0.4 is 0 Å². The van der Waals surface area contributed by atoms with Crippen molar-refractivity contribution in [3.05, 3.63) is 0 Å². The van der Waals surface area contributed by atoms with E-state index in [0.29, 0.717) is 0 Å². The molecule has 3 N–H and O–H groups in total. The maximum absolute atomic E-state index is 8.74. The van der Waals surface area contributed by atoms with Crippen molar-refractivity contribution in [2.75, 3.05) is 0 Å². The summed E-state index contributed by atoms with van der Waals surface area (Å²) < 4.78 is 8.44. The molecule has 0 fully saturated rings. The lowest BCUT2D eigenvalue weighted by Crippen LogP contribution is -1.90. The molecule has 0 heterocycles. The lowest BCUT2D eigenvalue weighted by atomic mass is 11.7. The Morgan fingerprint density at radius 2 is 1.62 bits per heavy atom. The van der Waals surface area contributed by atoms with Crippen molar-refractivity contribution in [1.82, 2.24) is 0 Å². The first kappa shape index (κ1) is 10.8. The lowest BCUT2D eigenvalue weighted by Gasteiger charge is -1.63. The van der Waals surface area contributed by atoms with Gasteiger partial charge in [0.2, 0.25) is 4.38 Å². The summed E-state index contributed by atoms with van der Waals surface area (Å²) in [6, 6.07) is 0. The van der Waals surface area contributed by atoms with Crippen LogP contribution in [0.25, 0.3) is 0 Å². The fraction of sp³-hybridized carbons (Fsp3) is 0. The first-order valence-electron chi connectivity index (χ1n) is 1.30. The molecule has 4 nitrogen and oxygen atoms in total. The van der Waals surface area contributed by atoms with Crippen molar-refractivity contribution in [3.8, 4) is 0 Å². The van der Waals surface area contributed by atoms with Crippen molar-refractivity contribution in [3.63, 3.8) is 0 Å². The van der Waals surface area contributed by atoms with Crippen LogP contribution in [-0.4, -0.2) is 28.3 Å². The van der Waals surface area contributed by atoms with E-state index in [1.807, 2.05) is 0 Å². The number of hydrogen-bond acceptors (Lipinski definition) is 2. The first-order valence-corrected chi connectivity index (χ1v) is 3.46. The average Bonchev–Trinajstić information content (AvgIpc) is 1.25. The third kappa shape index (κ3) is 6750. The van der Waals surface area contributed by atoms with Gasteiger partial charge in [-0.1, -0.05) is 12.6 Å². The molecule has 0 radical (unpaired) electrons. The minimum atomic E-state index is -3.13. The molecule has 0 unspecified atom stereocenters. The van der Waals surface area contributed by atoms with Crippen LogP contribution in [0.4, 0.5) is 0 Å². The van der Waals surface area contributed by atoms with Gasteiger partial charge in [-0.3, -0.25) is 4.46 Å². The summed E-state index contributed by atoms with van der Waals surface area (Å²) in [5, 5.41) is 7.65. The molecular weight excluding hydrogens is 168 g/mol. The van der Waals surface area contributed by atoms with Crippen molar-refractivity contribution < 1.29 is 19.2 Å². The zero-order valence-electron chi connectivity index (χ0n) is 3.61. The van der Waals surface area contributed by atoms with E-state index in [0.717, 1.165) is 0 Å². The van der Waals surface area contributed by atoms with Gasteiger partial charge in [0.05, 0.1) is 0 Å². The third-order valence-electron chi connectivity index (χ3n) is 0. The molecule has 0 atom stereocenters. The van der Waals surface area contributed by atoms with E-state index in [1.165, 1.54) is 0 Å². The summed E-state index contributed by atoms with van der Waals surface area (Å²) in [6.07, 6.45) is 0. The quantitative estimate of drug-likeness (QED) is 0.217. The van der Waals surface area contributed by atoms with Crippen LogP contribution in [0.3, 0.4) is 0 Å². The second-order valence-corrected chi connectivity index (χ2v) is 2.24. The van der Waals surface area contributed by atoms with Gasteiger partial charge in [-0.05, 0) is 12.2 Å². The van der Waals surface area contributed by atoms with Crippen molar-refractivity contribution in [2.24, 2.45) is 0 Å². The highest BCUT2D eigenvalue weighted by Crippen LogP contribution is 1.68. The number of thiocarbonyl (C=S) groups is 1. The summed E-state index contributed by atoms with van der Waals surface area (Å²) in [5.41, 5.74) is 0. The average molecular weight is 172 g/mol. The Labute approximate surface area is 58.1 Å². The Balaban J connectivity index is 0. The van der Waals surface area contributed by atoms with Gasteiger partial charge in [0.15, 0.2) is 0 Å². The molecule has 8 heavy (non-hydrogen) atoms. The van der Waals surface area contributed by atoms with E-state index in [-0.39, 0.29) is 4.38 Å². The van der Waals surface area contributed by atoms with Gasteiger partial charge in [-0.2, -0.15) is 0 Å². The van der Waals surface area contributed by atoms with Crippen LogP contribution in [0.5, 0.6) is 0 Å². The SMILES string of the molecule is O=[Si](O)O.OC(=S)S. The molecular formula is CH4O4S2Si. The minimum absolute atomic E-state index is 0.306. The Hall–Kier alpha value is -0.143. The highest BCUT2D eigenvalue weighted by atomic mass is 32.1. The van der Waals surface area contributed by atoms with Crippen LogP contribution in [0.1, 0.15) is 0 Å². The molecule has 0 aliphatic heterocycles. The lowest BCUT2D eigenvalue weighted by molar-refractivity contribution is 0.330. The Morgan fingerprint density at radius 3 is 1.62 bits per heavy atom. The maximum Gasteiger partial charge on any atom is 0.761 e. The first-order chi connectivity index (χ1) is 3.46. The van der Waals surface area contributed by atoms with Crippen LogP contribution in [0, 0.1) is 0 Å². The van der Waals surface area contributed by atoms with Crippen molar-refractivity contribution >= 4 is 38.4 Å². The smallest absolute Gasteiger partial charge is 0.511 e. The number of aliphatic hydroxyl groups is 1. The van der Waals surface area contributed by atoms with Crippen LogP contribution in [0.2, 0.25) is 0 Å². The van der Waals surface area contributed by atoms with E-state index >= 15 is 0 Å². The van der Waals surface area contributed by atoms with E-state index in [9.17, 15) is 0 Å². The van der Waals surface area contributed by atoms with E-state index in [1.54, 1.807) is 0 Å². The molecule has 0 aromatic carbocycles. The van der Waals surface area contributed by atoms with Crippen LogP contribution >= 0.6 is 24.8 Å². The largest absolute Gasteiger partial charge is 0.761 e. The molecule has 0 rings (SSSR count). The van der Waals surface area contributed by atoms with Gasteiger partial charge in [-0.25, -0.2) is 0 Å². The van der Waals surface area contributed by atoms with Gasteiger partial charge in [-0.15, -0.1) is 0 Å². The highest BCUT2D eigenvalue weighted by Gasteiger charge is 1.85. The van der Waals surface area contributed by atoms with E-state index in [4.69, 9.17) is 19.2 Å². The summed E-state index contributed by atoms with van der Waals surface area (Å²) in [7, 11) is -3.13. The third-order valence-corrected chi connectivity index (χ3v) is 0. The molecule has 0 saturated carbocycles. The van der Waals surface area contributed by atoms with Gasteiger partial charge >= 0.3 is 9.17 Å². The minimum Gasteiger partial charge on any atom is -0.511 e. The van der Waals surface area contributed by atoms with Crippen molar-refractivity contribution in [2.45, 2.75) is 0 Å². The summed E-state index contributed by atoms with van der Waals surface area (Å²) in [4.78, 5) is 14.3. The molecule has 7 heteroatoms. The van der Waals surface area contributed by atoms with Crippen LogP contribution in [0.15, 0.2) is 0 Å². The Morgan fingerprint density at radius 1 is 1.62 bits per heavy atom. The summed E-state index contributed by atoms with van der Waals surface area (Å²) >= 11 is 7.21. The number of aliphatic hydroxyl groups excluding tert-OH is 1. The monoisotopic (exact) mass is 172 g/mol. The summed E-state index contributed by atoms with van der Waals surface area (Å²) in [5.74, 6) is 0. The number of thiol groups is 1. The highest BCUT2D eigenvalue weighted by molar-refractivity contribution is 8.10. The molecule has 0 amide bonds. The molecule has 0 saturated heterocycles. The fourth-order valence-corrected chi connectivity index (χ4v) is 0. The van der Waals surface area contributed by atoms with E-state index < -0.39 is 9.17 Å². The number of rotatable bonds is 0. The second-order valence-electron chi connectivity index (χ2n) is 0.565. The van der Waals surface area contributed by atoms with E-state index in [2.05, 4.69) is 24.8 Å². The van der Waals surface area contributed by atoms with Gasteiger partial charge in [0.25, 0.3) is 0 Å². The predicted octanol–water partition coefficient (Wildman–Crippen LogP) is -0.855. The molecule has 48 valence electrons. The molecule has 0 aromatic heterocycles. The zero-order valence-corrected chi connectivity index (χ0v) is 6.32. The summed E-state index contributed by atoms with van der Waals surface area (Å²) in [6.45, 7) is 0. The van der Waals surface area contributed by atoms with Crippen molar-refractivity contribution in [1.29, 1.82) is 0 Å². The Kier molecular flexibility index (Phi) is 9.23.